The molecule has 0 aliphatic rings. The van der Waals surface area contributed by atoms with Crippen molar-refractivity contribution in [1.82, 2.24) is 14.4 Å². The van der Waals surface area contributed by atoms with Crippen LogP contribution in [-0.2, 0) is 0 Å². The van der Waals surface area contributed by atoms with Crippen LogP contribution in [0.5, 0.6) is 0 Å². The zero-order chi connectivity index (χ0) is 27.1. The second-order valence-electron chi connectivity index (χ2n) is 10.7. The number of imidazole rings is 1. The zero-order valence-electron chi connectivity index (χ0n) is 23.7. The summed E-state index contributed by atoms with van der Waals surface area (Å²) in [5.41, 5.74) is 3.34. The van der Waals surface area contributed by atoms with Crippen molar-refractivity contribution >= 4 is 48.9 Å². The van der Waals surface area contributed by atoms with Crippen molar-refractivity contribution in [2.45, 2.75) is 72.6 Å². The Morgan fingerprint density at radius 3 is 2.11 bits per heavy atom. The number of anilines is 1. The predicted octanol–water partition coefficient (Wildman–Crippen LogP) is 7.81. The molecule has 7 heteroatoms. The van der Waals surface area contributed by atoms with Crippen LogP contribution in [-0.4, -0.2) is 52.6 Å². The third-order valence-electron chi connectivity index (χ3n) is 7.65. The van der Waals surface area contributed by atoms with Gasteiger partial charge in [-0.3, -0.25) is 0 Å². The molecule has 0 amide bonds. The van der Waals surface area contributed by atoms with E-state index in [-0.39, 0.29) is 5.78 Å². The summed E-state index contributed by atoms with van der Waals surface area (Å²) in [5, 5.41) is 0. The molecule has 202 valence electrons. The summed E-state index contributed by atoms with van der Waals surface area (Å²) in [7, 11) is 4.10. The topological polar surface area (TPSA) is 50.5 Å². The number of thiazole rings is 1. The van der Waals surface area contributed by atoms with Gasteiger partial charge in [0.15, 0.2) is 0 Å². The average molecular weight is 637 g/mol. The third-order valence-corrected chi connectivity index (χ3v) is 26.9. The molecule has 4 aromatic rings. The van der Waals surface area contributed by atoms with Gasteiger partial charge < -0.3 is 0 Å². The summed E-state index contributed by atoms with van der Waals surface area (Å²) in [5.74, 6) is 0.818. The van der Waals surface area contributed by atoms with Gasteiger partial charge in [0.2, 0.25) is 0 Å². The summed E-state index contributed by atoms with van der Waals surface area (Å²) in [6.07, 6.45) is 13.4. The number of carbonyl (C=O) groups excluding carboxylic acids is 1. The fraction of sp³-hybridized carbons (Fsp3) is 0.452. The molecule has 0 aliphatic heterocycles. The summed E-state index contributed by atoms with van der Waals surface area (Å²) >= 11 is -0.812. The molecule has 0 radical (unpaired) electrons. The van der Waals surface area contributed by atoms with Crippen molar-refractivity contribution in [3.05, 3.63) is 66.2 Å². The number of carbonyl (C=O) groups is 1. The molecule has 0 bridgehead atoms. The maximum absolute atomic E-state index is 13.7. The van der Waals surface area contributed by atoms with E-state index < -0.39 is 18.4 Å². The summed E-state index contributed by atoms with van der Waals surface area (Å²) in [4.78, 5) is 26.0. The first kappa shape index (κ1) is 28.8. The van der Waals surface area contributed by atoms with Gasteiger partial charge >= 0.3 is 237 Å². The standard InChI is InChI=1S/C19H15N4OS.3C4H9.Sn/c1-22(2)15-7-5-13(6-8-15)18-21-16(19-23(18)10-11-25-19)17(24)14-4-3-9-20-12-14;3*1-3-4-2;/h3-10,12H,1-2H3;3*1,3-4H2,2H3;. The number of aromatic nitrogens is 3. The van der Waals surface area contributed by atoms with E-state index in [1.54, 1.807) is 15.3 Å². The van der Waals surface area contributed by atoms with Gasteiger partial charge in [0.25, 0.3) is 0 Å². The Kier molecular flexibility index (Phi) is 10.0. The first-order valence-corrected chi connectivity index (χ1v) is 22.5. The molecule has 0 aliphatic carbocycles. The van der Waals surface area contributed by atoms with E-state index in [2.05, 4.69) is 65.5 Å². The van der Waals surface area contributed by atoms with Crippen LogP contribution in [0.1, 0.15) is 75.3 Å². The molecular weight excluding hydrogens is 595 g/mol. The Morgan fingerprint density at radius 2 is 1.58 bits per heavy atom. The second kappa shape index (κ2) is 13.2. The fourth-order valence-corrected chi connectivity index (χ4v) is 25.3. The van der Waals surface area contributed by atoms with Gasteiger partial charge in [-0.1, -0.05) is 0 Å². The summed E-state index contributed by atoms with van der Waals surface area (Å²) in [6, 6.07) is 12.2. The van der Waals surface area contributed by atoms with Crippen LogP contribution in [0.25, 0.3) is 16.2 Å². The molecule has 5 nitrogen and oxygen atoms in total. The van der Waals surface area contributed by atoms with Gasteiger partial charge in [0.05, 0.1) is 0 Å². The molecule has 0 saturated heterocycles. The van der Waals surface area contributed by atoms with Crippen molar-refractivity contribution in [2.24, 2.45) is 0 Å². The van der Waals surface area contributed by atoms with Crippen LogP contribution in [0.15, 0.2) is 55.0 Å². The van der Waals surface area contributed by atoms with E-state index in [4.69, 9.17) is 4.98 Å². The number of hydrogen-bond donors (Lipinski definition) is 0. The van der Waals surface area contributed by atoms with E-state index in [9.17, 15) is 4.79 Å². The van der Waals surface area contributed by atoms with Crippen LogP contribution >= 0.6 is 11.3 Å². The van der Waals surface area contributed by atoms with Crippen LogP contribution in [0.3, 0.4) is 0 Å². The van der Waals surface area contributed by atoms with Crippen molar-refractivity contribution in [2.75, 3.05) is 19.0 Å². The van der Waals surface area contributed by atoms with Crippen molar-refractivity contribution < 1.29 is 4.79 Å². The van der Waals surface area contributed by atoms with Gasteiger partial charge in [-0.15, -0.1) is 0 Å². The Bertz CT molecular complexity index is 1310. The molecular formula is C31H42N4OSSn. The fourth-order valence-electron chi connectivity index (χ4n) is 5.31. The molecule has 3 aromatic heterocycles. The number of benzene rings is 1. The number of fused-ring (bicyclic) bond motifs is 1. The minimum atomic E-state index is -2.68. The number of pyridine rings is 1. The van der Waals surface area contributed by atoms with Gasteiger partial charge in [-0.05, 0) is 0 Å². The molecule has 0 unspecified atom stereocenters. The second-order valence-corrected chi connectivity index (χ2v) is 25.8. The Labute approximate surface area is 236 Å². The Morgan fingerprint density at radius 1 is 0.947 bits per heavy atom. The molecule has 0 saturated carbocycles. The molecule has 0 spiro atoms. The molecule has 0 atom stereocenters. The van der Waals surface area contributed by atoms with Crippen molar-refractivity contribution in [3.63, 3.8) is 0 Å². The van der Waals surface area contributed by atoms with Crippen molar-refractivity contribution in [1.29, 1.82) is 0 Å². The number of nitrogens with zero attached hydrogens (tertiary/aromatic N) is 4. The first-order chi connectivity index (χ1) is 18.4. The van der Waals surface area contributed by atoms with E-state index in [1.165, 1.54) is 51.8 Å². The normalized spacial score (nSPS) is 11.8. The van der Waals surface area contributed by atoms with Crippen LogP contribution in [0, 0.1) is 0 Å². The zero-order valence-corrected chi connectivity index (χ0v) is 27.3. The third kappa shape index (κ3) is 6.17. The molecule has 38 heavy (non-hydrogen) atoms. The number of rotatable bonds is 14. The SMILES string of the molecule is CCC[CH2][Sn]([CH2]CCC)([CH2]CCC)[c]1cn2c(-c3ccc(N(C)C)cc3)nc(C(=O)c3cccnc3)c2s1. The molecule has 4 rings (SSSR count). The maximum atomic E-state index is 13.7. The van der Waals surface area contributed by atoms with Crippen LogP contribution in [0.2, 0.25) is 13.3 Å². The molecule has 3 heterocycles. The Balaban J connectivity index is 1.90. The Hall–Kier alpha value is -2.19. The molecule has 1 aromatic carbocycles. The van der Waals surface area contributed by atoms with E-state index >= 15 is 0 Å². The first-order valence-electron chi connectivity index (χ1n) is 14.2. The number of unbranched alkanes of at least 4 members (excludes halogenated alkanes) is 3. The van der Waals surface area contributed by atoms with Crippen LogP contribution < -0.4 is 7.79 Å². The van der Waals surface area contributed by atoms with E-state index in [1.807, 2.05) is 37.6 Å². The molecule has 0 N–H and O–H groups in total. The number of hydrogen-bond acceptors (Lipinski definition) is 5. The monoisotopic (exact) mass is 638 g/mol. The van der Waals surface area contributed by atoms with Crippen molar-refractivity contribution in [3.8, 4) is 11.4 Å². The summed E-state index contributed by atoms with van der Waals surface area (Å²) in [6.45, 7) is 6.96. The quantitative estimate of drug-likeness (QED) is 0.105. The predicted molar refractivity (Wildman–Crippen MR) is 165 cm³/mol. The molecule has 0 fully saturated rings. The van der Waals surface area contributed by atoms with Gasteiger partial charge in [0.1, 0.15) is 0 Å². The van der Waals surface area contributed by atoms with E-state index in [0.717, 1.165) is 21.9 Å². The van der Waals surface area contributed by atoms with Gasteiger partial charge in [0, 0.05) is 0 Å². The summed E-state index contributed by atoms with van der Waals surface area (Å²) < 4.78 is 8.06. The van der Waals surface area contributed by atoms with Gasteiger partial charge in [-0.2, -0.15) is 0 Å². The minimum absolute atomic E-state index is 0.0448. The number of ketones is 1. The van der Waals surface area contributed by atoms with Crippen LogP contribution in [0.4, 0.5) is 5.69 Å². The van der Waals surface area contributed by atoms with E-state index in [0.29, 0.717) is 11.3 Å². The average Bonchev–Trinajstić information content (AvgIpc) is 3.53. The van der Waals surface area contributed by atoms with Gasteiger partial charge in [-0.25, -0.2) is 0 Å².